The van der Waals surface area contributed by atoms with Crippen molar-refractivity contribution in [1.29, 1.82) is 0 Å². The predicted molar refractivity (Wildman–Crippen MR) is 62.7 cm³/mol. The molecule has 0 aliphatic rings. The maximum Gasteiger partial charge on any atom is 0.323 e. The van der Waals surface area contributed by atoms with Crippen LogP contribution in [0.2, 0.25) is 4.34 Å². The number of carbonyl (C=O) groups is 1. The fourth-order valence-corrected chi connectivity index (χ4v) is 2.06. The Balaban J connectivity index is 2.71. The molecule has 0 unspecified atom stereocenters. The predicted octanol–water partition coefficient (Wildman–Crippen LogP) is 1.92. The van der Waals surface area contributed by atoms with Crippen molar-refractivity contribution in [3.8, 4) is 0 Å². The van der Waals surface area contributed by atoms with Crippen molar-refractivity contribution in [2.24, 2.45) is 0 Å². The molecule has 0 bridgehead atoms. The number of rotatable bonds is 6. The number of nitrogens with one attached hydrogen (secondary N) is 1. The number of carboxylic acids is 1. The van der Waals surface area contributed by atoms with Crippen molar-refractivity contribution in [3.63, 3.8) is 0 Å². The second-order valence-corrected chi connectivity index (χ2v) is 4.80. The second kappa shape index (κ2) is 5.56. The molecule has 1 aromatic heterocycles. The number of hydrogen-bond donors (Lipinski definition) is 2. The Kier molecular flexibility index (Phi) is 4.64. The van der Waals surface area contributed by atoms with E-state index in [-0.39, 0.29) is 0 Å². The summed E-state index contributed by atoms with van der Waals surface area (Å²) in [5.41, 5.74) is -0.313. The first-order chi connectivity index (χ1) is 7.55. The van der Waals surface area contributed by atoms with Gasteiger partial charge in [-0.3, -0.25) is 10.1 Å². The lowest BCUT2D eigenvalue weighted by molar-refractivity contribution is -0.145. The van der Waals surface area contributed by atoms with E-state index in [0.717, 1.165) is 11.5 Å². The first-order valence-electron chi connectivity index (χ1n) is 5.01. The van der Waals surface area contributed by atoms with Gasteiger partial charge in [-0.15, -0.1) is 5.10 Å². The number of halogens is 1. The van der Waals surface area contributed by atoms with Gasteiger partial charge in [0, 0.05) is 18.1 Å². The van der Waals surface area contributed by atoms with Crippen molar-refractivity contribution >= 4 is 29.1 Å². The second-order valence-electron chi connectivity index (χ2n) is 3.44. The van der Waals surface area contributed by atoms with Crippen LogP contribution < -0.4 is 5.32 Å². The minimum absolute atomic E-state index is 0.323. The van der Waals surface area contributed by atoms with Gasteiger partial charge in [0.2, 0.25) is 0 Å². The lowest BCUT2D eigenvalue weighted by atomic mass is 9.93. The van der Waals surface area contributed by atoms with E-state index in [0.29, 0.717) is 29.4 Å². The van der Waals surface area contributed by atoms with E-state index in [1.54, 1.807) is 0 Å². The monoisotopic (exact) mass is 263 g/mol. The fourth-order valence-electron chi connectivity index (χ4n) is 1.43. The van der Waals surface area contributed by atoms with E-state index in [4.69, 9.17) is 11.6 Å². The Labute approximate surface area is 103 Å². The molecule has 0 radical (unpaired) electrons. The highest BCUT2D eigenvalue weighted by atomic mass is 35.5. The van der Waals surface area contributed by atoms with Crippen LogP contribution in [0.4, 0.5) is 0 Å². The van der Waals surface area contributed by atoms with Crippen molar-refractivity contribution in [2.75, 3.05) is 0 Å². The molecule has 0 saturated carbocycles. The van der Waals surface area contributed by atoms with Gasteiger partial charge in [-0.05, 0) is 12.8 Å². The van der Waals surface area contributed by atoms with Gasteiger partial charge in [0.15, 0.2) is 0 Å². The van der Waals surface area contributed by atoms with Gasteiger partial charge in [-0.25, -0.2) is 0 Å². The summed E-state index contributed by atoms with van der Waals surface area (Å²) in [6.07, 6.45) is 1.02. The summed E-state index contributed by atoms with van der Waals surface area (Å²) in [6, 6.07) is 0. The fraction of sp³-hybridized carbons (Fsp3) is 0.667. The molecule has 0 fully saturated rings. The lowest BCUT2D eigenvalue weighted by Crippen LogP contribution is -2.50. The minimum atomic E-state index is -0.910. The highest BCUT2D eigenvalue weighted by Gasteiger charge is 2.34. The molecule has 1 rings (SSSR count). The van der Waals surface area contributed by atoms with Crippen LogP contribution >= 0.6 is 23.1 Å². The van der Waals surface area contributed by atoms with E-state index >= 15 is 0 Å². The third kappa shape index (κ3) is 2.69. The third-order valence-corrected chi connectivity index (χ3v) is 3.70. The summed E-state index contributed by atoms with van der Waals surface area (Å²) < 4.78 is 4.19. The van der Waals surface area contributed by atoms with E-state index < -0.39 is 11.5 Å². The highest BCUT2D eigenvalue weighted by molar-refractivity contribution is 7.10. The number of carboxylic acid groups (broad SMARTS) is 1. The molecule has 0 aromatic carbocycles. The molecule has 0 saturated heterocycles. The van der Waals surface area contributed by atoms with Crippen LogP contribution in [-0.2, 0) is 11.3 Å². The first-order valence-corrected chi connectivity index (χ1v) is 6.16. The highest BCUT2D eigenvalue weighted by Crippen LogP contribution is 2.20. The van der Waals surface area contributed by atoms with Crippen LogP contribution in [0.15, 0.2) is 0 Å². The molecule has 5 nitrogen and oxygen atoms in total. The lowest BCUT2D eigenvalue weighted by Gasteiger charge is -2.27. The molecular weight excluding hydrogens is 250 g/mol. The van der Waals surface area contributed by atoms with Crippen LogP contribution in [0, 0.1) is 0 Å². The minimum Gasteiger partial charge on any atom is -0.480 e. The number of hydrogen-bond acceptors (Lipinski definition) is 5. The Bertz CT molecular complexity index is 365. The maximum atomic E-state index is 11.2. The molecule has 90 valence electrons. The quantitative estimate of drug-likeness (QED) is 0.820. The third-order valence-electron chi connectivity index (χ3n) is 2.72. The van der Waals surface area contributed by atoms with Gasteiger partial charge in [0.05, 0.1) is 0 Å². The summed E-state index contributed by atoms with van der Waals surface area (Å²) >= 11 is 6.94. The van der Waals surface area contributed by atoms with Crippen molar-refractivity contribution in [2.45, 2.75) is 38.8 Å². The Morgan fingerprint density at radius 2 is 2.19 bits per heavy atom. The molecular formula is C9H14ClN3O2S. The van der Waals surface area contributed by atoms with Crippen LogP contribution in [0.3, 0.4) is 0 Å². The largest absolute Gasteiger partial charge is 0.480 e. The zero-order chi connectivity index (χ0) is 12.2. The molecule has 0 atom stereocenters. The molecule has 0 aliphatic heterocycles. The summed E-state index contributed by atoms with van der Waals surface area (Å²) in [7, 11) is 0. The van der Waals surface area contributed by atoms with Crippen molar-refractivity contribution < 1.29 is 9.90 Å². The van der Waals surface area contributed by atoms with Crippen LogP contribution in [0.5, 0.6) is 0 Å². The number of aromatic nitrogens is 2. The van der Waals surface area contributed by atoms with Crippen molar-refractivity contribution in [1.82, 2.24) is 14.9 Å². The average molecular weight is 264 g/mol. The summed E-state index contributed by atoms with van der Waals surface area (Å²) in [6.45, 7) is 4.00. The molecule has 0 spiro atoms. The molecule has 1 heterocycles. The average Bonchev–Trinajstić information content (AvgIpc) is 2.66. The molecule has 16 heavy (non-hydrogen) atoms. The Morgan fingerprint density at radius 3 is 2.56 bits per heavy atom. The van der Waals surface area contributed by atoms with E-state index in [1.165, 1.54) is 0 Å². The maximum absolute atomic E-state index is 11.2. The van der Waals surface area contributed by atoms with E-state index in [2.05, 4.69) is 14.9 Å². The molecule has 0 aliphatic carbocycles. The summed E-state index contributed by atoms with van der Waals surface area (Å²) in [5.74, 6) is -0.850. The van der Waals surface area contributed by atoms with Gasteiger partial charge in [-0.1, -0.05) is 29.9 Å². The van der Waals surface area contributed by atoms with E-state index in [1.807, 2.05) is 13.8 Å². The SMILES string of the molecule is CCC(CC)(NCc1nnsc1Cl)C(=O)O. The number of nitrogens with zero attached hydrogens (tertiary/aromatic N) is 2. The topological polar surface area (TPSA) is 75.1 Å². The first kappa shape index (κ1) is 13.3. The molecule has 7 heteroatoms. The normalized spacial score (nSPS) is 11.7. The zero-order valence-electron chi connectivity index (χ0n) is 9.16. The smallest absolute Gasteiger partial charge is 0.323 e. The Morgan fingerprint density at radius 1 is 1.56 bits per heavy atom. The van der Waals surface area contributed by atoms with Gasteiger partial charge < -0.3 is 5.11 Å². The zero-order valence-corrected chi connectivity index (χ0v) is 10.7. The molecule has 1 aromatic rings. The van der Waals surface area contributed by atoms with Gasteiger partial charge >= 0.3 is 5.97 Å². The summed E-state index contributed by atoms with van der Waals surface area (Å²) in [4.78, 5) is 11.2. The standard InChI is InChI=1S/C9H14ClN3O2S/c1-3-9(4-2,8(14)15)11-5-6-7(10)16-13-12-6/h11H,3-5H2,1-2H3,(H,14,15). The van der Waals surface area contributed by atoms with E-state index in [9.17, 15) is 9.90 Å². The molecule has 0 amide bonds. The Hall–Kier alpha value is -0.720. The van der Waals surface area contributed by atoms with Gasteiger partial charge in [0.25, 0.3) is 0 Å². The van der Waals surface area contributed by atoms with Gasteiger partial charge in [0.1, 0.15) is 15.6 Å². The van der Waals surface area contributed by atoms with Gasteiger partial charge in [-0.2, -0.15) is 0 Å². The summed E-state index contributed by atoms with van der Waals surface area (Å²) in [5, 5.41) is 16.0. The van der Waals surface area contributed by atoms with Crippen LogP contribution in [0.25, 0.3) is 0 Å². The van der Waals surface area contributed by atoms with Crippen molar-refractivity contribution in [3.05, 3.63) is 10.0 Å². The molecule has 2 N–H and O–H groups in total. The number of aliphatic carboxylic acids is 1. The van der Waals surface area contributed by atoms with Crippen LogP contribution in [-0.4, -0.2) is 26.2 Å². The van der Waals surface area contributed by atoms with Crippen LogP contribution in [0.1, 0.15) is 32.4 Å².